The van der Waals surface area contributed by atoms with Gasteiger partial charge in [0.1, 0.15) is 5.52 Å². The lowest BCUT2D eigenvalue weighted by Gasteiger charge is -2.31. The van der Waals surface area contributed by atoms with Gasteiger partial charge in [-0.05, 0) is 25.0 Å². The van der Waals surface area contributed by atoms with E-state index in [1.807, 2.05) is 11.0 Å². The van der Waals surface area contributed by atoms with Crippen molar-refractivity contribution in [1.82, 2.24) is 4.98 Å². The Bertz CT molecular complexity index is 781. The predicted molar refractivity (Wildman–Crippen MR) is 83.7 cm³/mol. The van der Waals surface area contributed by atoms with E-state index >= 15 is 0 Å². The van der Waals surface area contributed by atoms with Gasteiger partial charge in [-0.15, -0.1) is 0 Å². The van der Waals surface area contributed by atoms with Crippen LogP contribution in [0, 0.1) is 5.92 Å². The van der Waals surface area contributed by atoms with E-state index in [0.29, 0.717) is 36.6 Å². The zero-order chi connectivity index (χ0) is 15.9. The lowest BCUT2D eigenvalue weighted by Crippen LogP contribution is -2.35. The van der Waals surface area contributed by atoms with Crippen molar-refractivity contribution in [3.63, 3.8) is 0 Å². The third kappa shape index (κ3) is 2.94. The van der Waals surface area contributed by atoms with Crippen LogP contribution in [-0.4, -0.2) is 39.2 Å². The number of nitrogens with zero attached hydrogens (tertiary/aromatic N) is 2. The van der Waals surface area contributed by atoms with Crippen molar-refractivity contribution in [3.05, 3.63) is 18.2 Å². The zero-order valence-corrected chi connectivity index (χ0v) is 13.6. The Labute approximate surface area is 131 Å². The molecule has 4 nitrogen and oxygen atoms in total. The molecule has 3 rings (SSSR count). The zero-order valence-electron chi connectivity index (χ0n) is 12.0. The minimum Gasteiger partial charge on any atom is -0.348 e. The second-order valence-electron chi connectivity index (χ2n) is 5.53. The normalized spacial score (nSPS) is 17.5. The Morgan fingerprint density at radius 2 is 2.00 bits per heavy atom. The first-order chi connectivity index (χ1) is 10.4. The number of fused-ring (bicyclic) bond motifs is 1. The van der Waals surface area contributed by atoms with Crippen LogP contribution in [0.3, 0.4) is 0 Å². The smallest absolute Gasteiger partial charge is 0.241 e. The fourth-order valence-corrected chi connectivity index (χ4v) is 4.63. The lowest BCUT2D eigenvalue weighted by atomic mass is 9.98. The number of rotatable bonds is 3. The van der Waals surface area contributed by atoms with Crippen molar-refractivity contribution in [2.24, 2.45) is 5.92 Å². The van der Waals surface area contributed by atoms with E-state index in [1.165, 1.54) is 11.3 Å². The number of aromatic nitrogens is 1. The number of hydrogen-bond donors (Lipinski definition) is 0. The number of anilines is 1. The Balaban J connectivity index is 1.91. The van der Waals surface area contributed by atoms with Gasteiger partial charge in [-0.2, -0.15) is 0 Å². The van der Waals surface area contributed by atoms with Crippen molar-refractivity contribution in [1.29, 1.82) is 0 Å². The van der Waals surface area contributed by atoms with E-state index in [1.54, 1.807) is 12.1 Å². The third-order valence-corrected chi connectivity index (χ3v) is 6.15. The first kappa shape index (κ1) is 15.6. The maximum atomic E-state index is 12.7. The quantitative estimate of drug-likeness (QED) is 0.856. The molecule has 1 aliphatic heterocycles. The summed E-state index contributed by atoms with van der Waals surface area (Å²) in [4.78, 5) is 6.64. The average molecular weight is 346 g/mol. The molecule has 1 fully saturated rings. The molecular formula is C14H16F2N2O2S2. The van der Waals surface area contributed by atoms with E-state index in [4.69, 9.17) is 0 Å². The molecule has 1 aliphatic rings. The average Bonchev–Trinajstić information content (AvgIpc) is 2.90. The van der Waals surface area contributed by atoms with Crippen LogP contribution in [0.25, 0.3) is 10.2 Å². The van der Waals surface area contributed by atoms with Gasteiger partial charge in [0, 0.05) is 25.3 Å². The first-order valence-corrected chi connectivity index (χ1v) is 9.70. The van der Waals surface area contributed by atoms with E-state index in [9.17, 15) is 17.2 Å². The molecule has 0 unspecified atom stereocenters. The molecule has 2 aromatic rings. The third-order valence-electron chi connectivity index (χ3n) is 3.94. The number of thiazole rings is 1. The number of sulfone groups is 1. The number of alkyl halides is 2. The molecule has 2 heterocycles. The molecule has 120 valence electrons. The van der Waals surface area contributed by atoms with E-state index < -0.39 is 22.2 Å². The first-order valence-electron chi connectivity index (χ1n) is 6.99. The van der Waals surface area contributed by atoms with Crippen LogP contribution in [-0.2, 0) is 9.84 Å². The van der Waals surface area contributed by atoms with Gasteiger partial charge in [0.15, 0.2) is 15.0 Å². The largest absolute Gasteiger partial charge is 0.348 e. The summed E-state index contributed by atoms with van der Waals surface area (Å²) in [7, 11) is -3.34. The summed E-state index contributed by atoms with van der Waals surface area (Å²) in [6.45, 7) is 1.06. The predicted octanol–water partition coefficient (Wildman–Crippen LogP) is 3.18. The highest BCUT2D eigenvalue weighted by Crippen LogP contribution is 2.35. The van der Waals surface area contributed by atoms with Crippen LogP contribution < -0.4 is 4.90 Å². The number of benzene rings is 1. The Morgan fingerprint density at radius 3 is 2.59 bits per heavy atom. The highest BCUT2D eigenvalue weighted by atomic mass is 32.2. The van der Waals surface area contributed by atoms with E-state index in [0.717, 1.165) is 11.0 Å². The molecule has 1 aromatic carbocycles. The van der Waals surface area contributed by atoms with Gasteiger partial charge in [0.05, 0.1) is 9.60 Å². The molecule has 0 saturated carbocycles. The number of piperidine rings is 1. The molecular weight excluding hydrogens is 330 g/mol. The van der Waals surface area contributed by atoms with Crippen LogP contribution >= 0.6 is 11.3 Å². The van der Waals surface area contributed by atoms with E-state index in [-0.39, 0.29) is 4.90 Å². The lowest BCUT2D eigenvalue weighted by molar-refractivity contribution is 0.0636. The fraction of sp³-hybridized carbons (Fsp3) is 0.500. The summed E-state index contributed by atoms with van der Waals surface area (Å²) in [6, 6.07) is 5.07. The number of hydrogen-bond acceptors (Lipinski definition) is 5. The number of para-hydroxylation sites is 1. The van der Waals surface area contributed by atoms with Gasteiger partial charge in [-0.3, -0.25) is 0 Å². The summed E-state index contributed by atoms with van der Waals surface area (Å²) in [6.07, 6.45) is -0.233. The number of halogens is 2. The van der Waals surface area contributed by atoms with Crippen molar-refractivity contribution in [3.8, 4) is 0 Å². The molecule has 1 aromatic heterocycles. The van der Waals surface area contributed by atoms with Crippen LogP contribution in [0.5, 0.6) is 0 Å². The molecule has 0 radical (unpaired) electrons. The van der Waals surface area contributed by atoms with Crippen LogP contribution in [0.4, 0.5) is 13.9 Å². The van der Waals surface area contributed by atoms with Crippen LogP contribution in [0.15, 0.2) is 23.1 Å². The second kappa shape index (κ2) is 5.73. The molecule has 8 heteroatoms. The van der Waals surface area contributed by atoms with Crippen LogP contribution in [0.2, 0.25) is 0 Å². The van der Waals surface area contributed by atoms with Gasteiger partial charge >= 0.3 is 0 Å². The summed E-state index contributed by atoms with van der Waals surface area (Å²) in [5, 5.41) is 0.707. The highest BCUT2D eigenvalue weighted by Gasteiger charge is 2.28. The van der Waals surface area contributed by atoms with Crippen molar-refractivity contribution >= 4 is 36.5 Å². The molecule has 0 atom stereocenters. The summed E-state index contributed by atoms with van der Waals surface area (Å²) in [5.74, 6) is -0.544. The Morgan fingerprint density at radius 1 is 1.32 bits per heavy atom. The molecule has 0 amide bonds. The highest BCUT2D eigenvalue weighted by molar-refractivity contribution is 7.91. The molecule has 0 spiro atoms. The van der Waals surface area contributed by atoms with Crippen molar-refractivity contribution in [2.75, 3.05) is 24.2 Å². The summed E-state index contributed by atoms with van der Waals surface area (Å²) in [5.41, 5.74) is 0.473. The summed E-state index contributed by atoms with van der Waals surface area (Å²) >= 11 is 1.41. The van der Waals surface area contributed by atoms with Crippen molar-refractivity contribution in [2.45, 2.75) is 24.2 Å². The maximum Gasteiger partial charge on any atom is 0.241 e. The van der Waals surface area contributed by atoms with Gasteiger partial charge in [-0.1, -0.05) is 17.4 Å². The monoisotopic (exact) mass is 346 g/mol. The van der Waals surface area contributed by atoms with Crippen LogP contribution in [0.1, 0.15) is 12.8 Å². The van der Waals surface area contributed by atoms with Crippen molar-refractivity contribution < 1.29 is 17.2 Å². The van der Waals surface area contributed by atoms with Gasteiger partial charge in [0.2, 0.25) is 6.43 Å². The Hall–Kier alpha value is -1.28. The maximum absolute atomic E-state index is 12.7. The standard InChI is InChI=1S/C14H16F2N2O2S2/c1-22(19,20)11-4-2-3-10-12(11)17-14(21-10)18-7-5-9(6-8-18)13(15)16/h2-4,9,13H,5-8H2,1H3. The summed E-state index contributed by atoms with van der Waals surface area (Å²) < 4.78 is 49.8. The minimum atomic E-state index is -3.34. The topological polar surface area (TPSA) is 50.3 Å². The molecule has 1 saturated heterocycles. The van der Waals surface area contributed by atoms with Gasteiger partial charge < -0.3 is 4.90 Å². The minimum absolute atomic E-state index is 0.218. The Kier molecular flexibility index (Phi) is 4.07. The molecule has 0 N–H and O–H groups in total. The van der Waals surface area contributed by atoms with Gasteiger partial charge in [0.25, 0.3) is 0 Å². The second-order valence-corrected chi connectivity index (χ2v) is 8.52. The molecule has 0 bridgehead atoms. The SMILES string of the molecule is CS(=O)(=O)c1cccc2sc(N3CCC(C(F)F)CC3)nc12. The molecule has 0 aliphatic carbocycles. The molecule has 22 heavy (non-hydrogen) atoms. The van der Waals surface area contributed by atoms with E-state index in [2.05, 4.69) is 4.98 Å². The fourth-order valence-electron chi connectivity index (χ4n) is 2.69. The van der Waals surface area contributed by atoms with Gasteiger partial charge in [-0.25, -0.2) is 22.2 Å².